The minimum atomic E-state index is -0.519. The molecule has 0 radical (unpaired) electrons. The van der Waals surface area contributed by atoms with Crippen LogP contribution in [0.2, 0.25) is 0 Å². The van der Waals surface area contributed by atoms with Gasteiger partial charge in [-0.05, 0) is 45.0 Å². The molecule has 0 saturated carbocycles. The van der Waals surface area contributed by atoms with Crippen LogP contribution >= 0.6 is 0 Å². The van der Waals surface area contributed by atoms with Crippen LogP contribution in [0.5, 0.6) is 0 Å². The second-order valence-corrected chi connectivity index (χ2v) is 6.89. The summed E-state index contributed by atoms with van der Waals surface area (Å²) in [7, 11) is 0. The third kappa shape index (κ3) is 5.68. The van der Waals surface area contributed by atoms with Gasteiger partial charge in [0.2, 0.25) is 5.91 Å². The molecule has 1 aliphatic rings. The SMILES string of the molecule is CC(C)(C)OC(=O)N1CCN(C(=O)CNc2ccc(C#N)cc2)CC1. The third-order valence-corrected chi connectivity index (χ3v) is 3.74. The number of rotatable bonds is 3. The van der Waals surface area contributed by atoms with Gasteiger partial charge >= 0.3 is 6.09 Å². The van der Waals surface area contributed by atoms with Crippen molar-refractivity contribution in [1.82, 2.24) is 9.80 Å². The quantitative estimate of drug-likeness (QED) is 0.907. The summed E-state index contributed by atoms with van der Waals surface area (Å²) in [5, 5.41) is 11.8. The zero-order chi connectivity index (χ0) is 18.4. The maximum Gasteiger partial charge on any atom is 0.410 e. The number of anilines is 1. The Kier molecular flexibility index (Phi) is 5.86. The molecule has 0 aromatic heterocycles. The molecule has 0 unspecified atom stereocenters. The number of benzene rings is 1. The van der Waals surface area contributed by atoms with E-state index in [2.05, 4.69) is 11.4 Å². The molecular formula is C18H24N4O3. The van der Waals surface area contributed by atoms with Crippen molar-refractivity contribution in [3.63, 3.8) is 0 Å². The molecule has 1 aromatic rings. The van der Waals surface area contributed by atoms with Gasteiger partial charge in [0.25, 0.3) is 0 Å². The van der Waals surface area contributed by atoms with Crippen molar-refractivity contribution in [1.29, 1.82) is 5.26 Å². The van der Waals surface area contributed by atoms with Crippen molar-refractivity contribution in [2.75, 3.05) is 38.0 Å². The molecule has 2 rings (SSSR count). The van der Waals surface area contributed by atoms with Crippen molar-refractivity contribution < 1.29 is 14.3 Å². The van der Waals surface area contributed by atoms with Crippen molar-refractivity contribution in [2.24, 2.45) is 0 Å². The number of nitriles is 1. The molecule has 7 nitrogen and oxygen atoms in total. The van der Waals surface area contributed by atoms with Gasteiger partial charge in [0.1, 0.15) is 5.60 Å². The molecule has 134 valence electrons. The van der Waals surface area contributed by atoms with E-state index in [1.54, 1.807) is 34.1 Å². The number of piperazine rings is 1. The number of hydrogen-bond acceptors (Lipinski definition) is 5. The maximum atomic E-state index is 12.3. The number of carbonyl (C=O) groups excluding carboxylic acids is 2. The van der Waals surface area contributed by atoms with Gasteiger partial charge in [-0.3, -0.25) is 4.79 Å². The normalized spacial score (nSPS) is 14.6. The predicted molar refractivity (Wildman–Crippen MR) is 94.0 cm³/mol. The number of ether oxygens (including phenoxy) is 1. The molecule has 1 aromatic carbocycles. The number of amides is 2. The van der Waals surface area contributed by atoms with Crippen LogP contribution in [0.3, 0.4) is 0 Å². The summed E-state index contributed by atoms with van der Waals surface area (Å²) in [6.07, 6.45) is -0.338. The Morgan fingerprint density at radius 3 is 2.20 bits per heavy atom. The van der Waals surface area contributed by atoms with Gasteiger partial charge in [-0.25, -0.2) is 4.79 Å². The van der Waals surface area contributed by atoms with Gasteiger partial charge in [0.15, 0.2) is 0 Å². The van der Waals surface area contributed by atoms with Gasteiger partial charge < -0.3 is 19.9 Å². The van der Waals surface area contributed by atoms with Crippen molar-refractivity contribution in [3.8, 4) is 6.07 Å². The Morgan fingerprint density at radius 1 is 1.12 bits per heavy atom. The average molecular weight is 344 g/mol. The Hall–Kier alpha value is -2.75. The highest BCUT2D eigenvalue weighted by atomic mass is 16.6. The Morgan fingerprint density at radius 2 is 1.68 bits per heavy atom. The second kappa shape index (κ2) is 7.88. The molecule has 0 spiro atoms. The molecular weight excluding hydrogens is 320 g/mol. The maximum absolute atomic E-state index is 12.3. The van der Waals surface area contributed by atoms with Crippen LogP contribution in [0.15, 0.2) is 24.3 Å². The molecule has 1 saturated heterocycles. The molecule has 2 amide bonds. The summed E-state index contributed by atoms with van der Waals surface area (Å²) >= 11 is 0. The molecule has 25 heavy (non-hydrogen) atoms. The van der Waals surface area contributed by atoms with Gasteiger partial charge in [-0.15, -0.1) is 0 Å². The summed E-state index contributed by atoms with van der Waals surface area (Å²) in [4.78, 5) is 27.7. The van der Waals surface area contributed by atoms with Crippen LogP contribution in [0.1, 0.15) is 26.3 Å². The summed E-state index contributed by atoms with van der Waals surface area (Å²) in [6, 6.07) is 8.99. The summed E-state index contributed by atoms with van der Waals surface area (Å²) in [5.41, 5.74) is 0.851. The minimum absolute atomic E-state index is 0.0202. The Balaban J connectivity index is 1.77. The van der Waals surface area contributed by atoms with E-state index < -0.39 is 5.60 Å². The number of nitrogens with one attached hydrogen (secondary N) is 1. The molecule has 0 atom stereocenters. The van der Waals surface area contributed by atoms with Crippen LogP contribution in [-0.2, 0) is 9.53 Å². The third-order valence-electron chi connectivity index (χ3n) is 3.74. The topological polar surface area (TPSA) is 85.7 Å². The highest BCUT2D eigenvalue weighted by Gasteiger charge is 2.27. The first kappa shape index (κ1) is 18.6. The lowest BCUT2D eigenvalue weighted by molar-refractivity contribution is -0.131. The van der Waals surface area contributed by atoms with E-state index in [-0.39, 0.29) is 18.5 Å². The van der Waals surface area contributed by atoms with E-state index in [9.17, 15) is 9.59 Å². The summed E-state index contributed by atoms with van der Waals surface area (Å²) < 4.78 is 5.35. The van der Waals surface area contributed by atoms with E-state index in [4.69, 9.17) is 10.00 Å². The van der Waals surface area contributed by atoms with E-state index in [1.165, 1.54) is 0 Å². The van der Waals surface area contributed by atoms with Crippen molar-refractivity contribution >= 4 is 17.7 Å². The van der Waals surface area contributed by atoms with Crippen molar-refractivity contribution in [2.45, 2.75) is 26.4 Å². The predicted octanol–water partition coefficient (Wildman–Crippen LogP) is 2.05. The summed E-state index contributed by atoms with van der Waals surface area (Å²) in [6.45, 7) is 7.60. The molecule has 1 N–H and O–H groups in total. The van der Waals surface area contributed by atoms with Gasteiger partial charge in [-0.1, -0.05) is 0 Å². The standard InChI is InChI=1S/C18H24N4O3/c1-18(2,3)25-17(24)22-10-8-21(9-11-22)16(23)13-20-15-6-4-14(12-19)5-7-15/h4-7,20H,8-11,13H2,1-3H3. The lowest BCUT2D eigenvalue weighted by Crippen LogP contribution is -2.52. The fourth-order valence-corrected chi connectivity index (χ4v) is 2.42. The molecule has 0 aliphatic carbocycles. The molecule has 7 heteroatoms. The van der Waals surface area contributed by atoms with Gasteiger partial charge in [0.05, 0.1) is 18.2 Å². The van der Waals surface area contributed by atoms with Crippen LogP contribution in [-0.4, -0.2) is 60.1 Å². The average Bonchev–Trinajstić information content (AvgIpc) is 2.58. The first-order valence-corrected chi connectivity index (χ1v) is 8.28. The molecule has 1 fully saturated rings. The highest BCUT2D eigenvalue weighted by Crippen LogP contribution is 2.12. The number of carbonyl (C=O) groups is 2. The monoisotopic (exact) mass is 344 g/mol. The Bertz CT molecular complexity index is 650. The smallest absolute Gasteiger partial charge is 0.410 e. The lowest BCUT2D eigenvalue weighted by Gasteiger charge is -2.35. The van der Waals surface area contributed by atoms with Crippen LogP contribution < -0.4 is 5.32 Å². The second-order valence-electron chi connectivity index (χ2n) is 6.89. The lowest BCUT2D eigenvalue weighted by atomic mass is 10.2. The fourth-order valence-electron chi connectivity index (χ4n) is 2.42. The van der Waals surface area contributed by atoms with Gasteiger partial charge in [0, 0.05) is 31.9 Å². The highest BCUT2D eigenvalue weighted by molar-refractivity contribution is 5.81. The van der Waals surface area contributed by atoms with Crippen LogP contribution in [0.4, 0.5) is 10.5 Å². The zero-order valence-corrected chi connectivity index (χ0v) is 14.9. The van der Waals surface area contributed by atoms with E-state index in [0.717, 1.165) is 5.69 Å². The van der Waals surface area contributed by atoms with Gasteiger partial charge in [-0.2, -0.15) is 5.26 Å². The van der Waals surface area contributed by atoms with Crippen LogP contribution in [0.25, 0.3) is 0 Å². The molecule has 0 bridgehead atoms. The van der Waals surface area contributed by atoms with E-state index in [1.807, 2.05) is 20.8 Å². The van der Waals surface area contributed by atoms with E-state index >= 15 is 0 Å². The van der Waals surface area contributed by atoms with E-state index in [0.29, 0.717) is 31.7 Å². The molecule has 1 aliphatic heterocycles. The largest absolute Gasteiger partial charge is 0.444 e. The first-order chi connectivity index (χ1) is 11.8. The minimum Gasteiger partial charge on any atom is -0.444 e. The molecule has 1 heterocycles. The fraction of sp³-hybridized carbons (Fsp3) is 0.500. The zero-order valence-electron chi connectivity index (χ0n) is 14.9. The van der Waals surface area contributed by atoms with Crippen LogP contribution in [0, 0.1) is 11.3 Å². The Labute approximate surface area is 148 Å². The summed E-state index contributed by atoms with van der Waals surface area (Å²) in [5.74, 6) is -0.0202. The van der Waals surface area contributed by atoms with Crippen molar-refractivity contribution in [3.05, 3.63) is 29.8 Å². The first-order valence-electron chi connectivity index (χ1n) is 8.28. The number of nitrogens with zero attached hydrogens (tertiary/aromatic N) is 3. The number of hydrogen-bond donors (Lipinski definition) is 1.